The molecule has 0 radical (unpaired) electrons. The molecule has 0 amide bonds. The molecule has 0 heterocycles. The zero-order valence-electron chi connectivity index (χ0n) is 11.9. The van der Waals surface area contributed by atoms with Crippen molar-refractivity contribution < 1.29 is 4.39 Å². The van der Waals surface area contributed by atoms with Crippen LogP contribution in [0.15, 0.2) is 18.2 Å². The fraction of sp³-hybridized carbons (Fsp3) is 0.625. The summed E-state index contributed by atoms with van der Waals surface area (Å²) in [6.07, 6.45) is 7.31. The van der Waals surface area contributed by atoms with Crippen molar-refractivity contribution in [1.29, 1.82) is 0 Å². The van der Waals surface area contributed by atoms with E-state index in [0.717, 1.165) is 24.2 Å². The first-order chi connectivity index (χ1) is 9.22. The standard InChI is InChI=1S/C16H25FN2/c1-19(12-13-6-3-2-4-7-13)16-14(10-11-18)8-5-9-15(16)17/h5,8-9,13H,2-4,6-7,10-12,18H2,1H3. The van der Waals surface area contributed by atoms with Crippen molar-refractivity contribution in [2.45, 2.75) is 38.5 Å². The van der Waals surface area contributed by atoms with Gasteiger partial charge in [0.05, 0.1) is 5.69 Å². The number of hydrogen-bond acceptors (Lipinski definition) is 2. The fourth-order valence-electron chi connectivity index (χ4n) is 3.19. The molecule has 1 aromatic rings. The first-order valence-electron chi connectivity index (χ1n) is 7.41. The van der Waals surface area contributed by atoms with E-state index >= 15 is 0 Å². The summed E-state index contributed by atoms with van der Waals surface area (Å²) in [7, 11) is 2.01. The number of benzene rings is 1. The Kier molecular flexibility index (Phi) is 5.20. The molecule has 1 fully saturated rings. The summed E-state index contributed by atoms with van der Waals surface area (Å²) in [6, 6.07) is 5.31. The van der Waals surface area contributed by atoms with Gasteiger partial charge in [-0.2, -0.15) is 0 Å². The van der Waals surface area contributed by atoms with E-state index in [1.165, 1.54) is 32.1 Å². The second-order valence-electron chi connectivity index (χ2n) is 5.67. The Hall–Kier alpha value is -1.09. The lowest BCUT2D eigenvalue weighted by Gasteiger charge is -2.30. The third-order valence-electron chi connectivity index (χ3n) is 4.12. The molecule has 0 aromatic heterocycles. The number of nitrogens with zero attached hydrogens (tertiary/aromatic N) is 1. The first-order valence-corrected chi connectivity index (χ1v) is 7.41. The van der Waals surface area contributed by atoms with Gasteiger partial charge in [-0.1, -0.05) is 31.4 Å². The smallest absolute Gasteiger partial charge is 0.146 e. The molecule has 0 atom stereocenters. The monoisotopic (exact) mass is 264 g/mol. The Morgan fingerprint density at radius 1 is 1.26 bits per heavy atom. The zero-order valence-corrected chi connectivity index (χ0v) is 11.9. The minimum Gasteiger partial charge on any atom is -0.372 e. The van der Waals surface area contributed by atoms with Crippen molar-refractivity contribution in [3.05, 3.63) is 29.6 Å². The summed E-state index contributed by atoms with van der Waals surface area (Å²) in [6.45, 7) is 1.52. The van der Waals surface area contributed by atoms with Crippen LogP contribution in [0.1, 0.15) is 37.7 Å². The largest absolute Gasteiger partial charge is 0.372 e. The highest BCUT2D eigenvalue weighted by Gasteiger charge is 2.18. The predicted octanol–water partition coefficient (Wildman–Crippen LogP) is 3.34. The van der Waals surface area contributed by atoms with Crippen LogP contribution < -0.4 is 10.6 Å². The zero-order chi connectivity index (χ0) is 13.7. The Balaban J connectivity index is 2.10. The van der Waals surface area contributed by atoms with Crippen LogP contribution in [-0.4, -0.2) is 20.1 Å². The van der Waals surface area contributed by atoms with Gasteiger partial charge in [0.1, 0.15) is 5.82 Å². The topological polar surface area (TPSA) is 29.3 Å². The molecule has 0 saturated heterocycles. The lowest BCUT2D eigenvalue weighted by atomic mass is 9.89. The molecule has 0 spiro atoms. The highest BCUT2D eigenvalue weighted by atomic mass is 19.1. The van der Waals surface area contributed by atoms with Gasteiger partial charge in [0.2, 0.25) is 0 Å². The van der Waals surface area contributed by atoms with Crippen molar-refractivity contribution >= 4 is 5.69 Å². The molecule has 1 aromatic carbocycles. The third kappa shape index (κ3) is 3.69. The SMILES string of the molecule is CN(CC1CCCCC1)c1c(F)cccc1CCN. The van der Waals surface area contributed by atoms with Crippen LogP contribution in [0.25, 0.3) is 0 Å². The minimum atomic E-state index is -0.121. The summed E-state index contributed by atoms with van der Waals surface area (Å²) in [4.78, 5) is 2.09. The lowest BCUT2D eigenvalue weighted by molar-refractivity contribution is 0.361. The van der Waals surface area contributed by atoms with Gasteiger partial charge in [-0.3, -0.25) is 0 Å². The number of halogens is 1. The van der Waals surface area contributed by atoms with E-state index in [-0.39, 0.29) is 5.82 Å². The van der Waals surface area contributed by atoms with Crippen molar-refractivity contribution in [2.75, 3.05) is 25.0 Å². The molecule has 1 saturated carbocycles. The van der Waals surface area contributed by atoms with Crippen LogP contribution in [0.2, 0.25) is 0 Å². The number of anilines is 1. The maximum Gasteiger partial charge on any atom is 0.146 e. The summed E-state index contributed by atoms with van der Waals surface area (Å²) >= 11 is 0. The number of rotatable bonds is 5. The fourth-order valence-corrected chi connectivity index (χ4v) is 3.19. The molecule has 0 bridgehead atoms. The van der Waals surface area contributed by atoms with E-state index in [0.29, 0.717) is 12.5 Å². The van der Waals surface area contributed by atoms with Gasteiger partial charge in [0.25, 0.3) is 0 Å². The normalized spacial score (nSPS) is 16.6. The van der Waals surface area contributed by atoms with Crippen LogP contribution in [0, 0.1) is 11.7 Å². The minimum absolute atomic E-state index is 0.121. The number of para-hydroxylation sites is 1. The van der Waals surface area contributed by atoms with E-state index in [2.05, 4.69) is 4.90 Å². The number of nitrogens with two attached hydrogens (primary N) is 1. The van der Waals surface area contributed by atoms with Gasteiger partial charge in [-0.05, 0) is 43.4 Å². The average Bonchev–Trinajstić information content (AvgIpc) is 2.40. The Labute approximate surface area is 115 Å². The first kappa shape index (κ1) is 14.3. The Morgan fingerprint density at radius 3 is 2.68 bits per heavy atom. The van der Waals surface area contributed by atoms with E-state index in [9.17, 15) is 4.39 Å². The maximum absolute atomic E-state index is 14.1. The van der Waals surface area contributed by atoms with Crippen LogP contribution in [0.3, 0.4) is 0 Å². The molecule has 2 nitrogen and oxygen atoms in total. The Bertz CT molecular complexity index is 400. The van der Waals surface area contributed by atoms with Crippen LogP contribution in [0.5, 0.6) is 0 Å². The molecular formula is C16H25FN2. The molecular weight excluding hydrogens is 239 g/mol. The van der Waals surface area contributed by atoms with Crippen molar-refractivity contribution in [3.8, 4) is 0 Å². The van der Waals surface area contributed by atoms with Crippen LogP contribution >= 0.6 is 0 Å². The quantitative estimate of drug-likeness (QED) is 0.883. The molecule has 1 aliphatic rings. The molecule has 2 N–H and O–H groups in total. The Morgan fingerprint density at radius 2 is 2.00 bits per heavy atom. The van der Waals surface area contributed by atoms with Crippen molar-refractivity contribution in [1.82, 2.24) is 0 Å². The van der Waals surface area contributed by atoms with Gasteiger partial charge in [-0.25, -0.2) is 4.39 Å². The molecule has 2 rings (SSSR count). The van der Waals surface area contributed by atoms with Gasteiger partial charge in [-0.15, -0.1) is 0 Å². The average molecular weight is 264 g/mol. The van der Waals surface area contributed by atoms with E-state index in [1.54, 1.807) is 12.1 Å². The molecule has 19 heavy (non-hydrogen) atoms. The van der Waals surface area contributed by atoms with Crippen molar-refractivity contribution in [3.63, 3.8) is 0 Å². The second kappa shape index (κ2) is 6.90. The molecule has 0 unspecified atom stereocenters. The van der Waals surface area contributed by atoms with Gasteiger partial charge in [0, 0.05) is 13.6 Å². The molecule has 1 aliphatic carbocycles. The molecule has 106 valence electrons. The van der Waals surface area contributed by atoms with E-state index in [4.69, 9.17) is 5.73 Å². The summed E-state index contributed by atoms with van der Waals surface area (Å²) in [5.74, 6) is 0.591. The second-order valence-corrected chi connectivity index (χ2v) is 5.67. The highest BCUT2D eigenvalue weighted by molar-refractivity contribution is 5.54. The molecule has 0 aliphatic heterocycles. The molecule has 3 heteroatoms. The van der Waals surface area contributed by atoms with Gasteiger partial charge in [0.15, 0.2) is 0 Å². The van der Waals surface area contributed by atoms with E-state index in [1.807, 2.05) is 13.1 Å². The summed E-state index contributed by atoms with van der Waals surface area (Å²) < 4.78 is 14.1. The van der Waals surface area contributed by atoms with E-state index < -0.39 is 0 Å². The van der Waals surface area contributed by atoms with Crippen LogP contribution in [-0.2, 0) is 6.42 Å². The summed E-state index contributed by atoms with van der Waals surface area (Å²) in [5.41, 5.74) is 7.40. The van der Waals surface area contributed by atoms with Gasteiger partial charge >= 0.3 is 0 Å². The predicted molar refractivity (Wildman–Crippen MR) is 79.0 cm³/mol. The summed E-state index contributed by atoms with van der Waals surface area (Å²) in [5, 5.41) is 0. The third-order valence-corrected chi connectivity index (χ3v) is 4.12. The van der Waals surface area contributed by atoms with Gasteiger partial charge < -0.3 is 10.6 Å². The van der Waals surface area contributed by atoms with Crippen LogP contribution in [0.4, 0.5) is 10.1 Å². The highest BCUT2D eigenvalue weighted by Crippen LogP contribution is 2.29. The maximum atomic E-state index is 14.1. The lowest BCUT2D eigenvalue weighted by Crippen LogP contribution is -2.28. The van der Waals surface area contributed by atoms with Crippen molar-refractivity contribution in [2.24, 2.45) is 11.7 Å². The number of hydrogen-bond donors (Lipinski definition) is 1.